The Hall–Kier alpha value is -7.95. The minimum absolute atomic E-state index is 0.635. The van der Waals surface area contributed by atoms with E-state index >= 15 is 0 Å². The topological polar surface area (TPSA) is 41.9 Å². The van der Waals surface area contributed by atoms with Crippen LogP contribution in [0, 0.1) is 0 Å². The summed E-state index contributed by atoms with van der Waals surface area (Å²) in [5, 5.41) is 2.42. The van der Waals surface area contributed by atoms with E-state index in [-0.39, 0.29) is 0 Å². The van der Waals surface area contributed by atoms with Crippen LogP contribution in [-0.4, -0.2) is 15.0 Å². The molecule has 4 nitrogen and oxygen atoms in total. The molecule has 0 spiro atoms. The van der Waals surface area contributed by atoms with Gasteiger partial charge in [-0.15, -0.1) is 0 Å². The molecule has 0 saturated heterocycles. The molecule has 0 N–H and O–H groups in total. The molecule has 1 aliphatic heterocycles. The van der Waals surface area contributed by atoms with E-state index < -0.39 is 0 Å². The molecule has 0 fully saturated rings. The summed E-state index contributed by atoms with van der Waals surface area (Å²) in [5.41, 5.74) is 15.6. The maximum absolute atomic E-state index is 5.05. The summed E-state index contributed by atoms with van der Waals surface area (Å²) >= 11 is 0. The van der Waals surface area contributed by atoms with Crippen molar-refractivity contribution in [3.8, 4) is 78.7 Å². The molecule has 0 unspecified atom stereocenters. The number of hydrogen-bond donors (Lipinski definition) is 0. The first-order chi connectivity index (χ1) is 29.3. The zero-order valence-electron chi connectivity index (χ0n) is 32.1. The van der Waals surface area contributed by atoms with Crippen LogP contribution < -0.4 is 4.90 Å². The fraction of sp³-hybridized carbons (Fsp3) is 0. The van der Waals surface area contributed by atoms with Crippen molar-refractivity contribution in [3.63, 3.8) is 0 Å². The summed E-state index contributed by atoms with van der Waals surface area (Å²) in [6, 6.07) is 77.3. The van der Waals surface area contributed by atoms with Crippen LogP contribution in [0.1, 0.15) is 0 Å². The predicted octanol–water partition coefficient (Wildman–Crippen LogP) is 14.5. The first-order valence-corrected chi connectivity index (χ1v) is 19.9. The lowest BCUT2D eigenvalue weighted by atomic mass is 9.85. The third kappa shape index (κ3) is 6.15. The Balaban J connectivity index is 1.07. The van der Waals surface area contributed by atoms with Crippen LogP contribution in [0.5, 0.6) is 0 Å². The largest absolute Gasteiger partial charge is 0.309 e. The van der Waals surface area contributed by atoms with Crippen LogP contribution in [0.4, 0.5) is 17.1 Å². The van der Waals surface area contributed by atoms with Crippen LogP contribution in [0.2, 0.25) is 0 Å². The lowest BCUT2D eigenvalue weighted by Crippen LogP contribution is -2.13. The van der Waals surface area contributed by atoms with Gasteiger partial charge < -0.3 is 4.90 Å². The third-order valence-corrected chi connectivity index (χ3v) is 11.3. The van der Waals surface area contributed by atoms with E-state index in [9.17, 15) is 0 Å². The molecule has 0 radical (unpaired) electrons. The second-order valence-electron chi connectivity index (χ2n) is 14.8. The summed E-state index contributed by atoms with van der Waals surface area (Å²) in [4.78, 5) is 17.4. The quantitative estimate of drug-likeness (QED) is 0.170. The molecule has 276 valence electrons. The van der Waals surface area contributed by atoms with Gasteiger partial charge in [0.25, 0.3) is 0 Å². The zero-order valence-corrected chi connectivity index (χ0v) is 32.1. The van der Waals surface area contributed by atoms with Gasteiger partial charge in [0.15, 0.2) is 17.5 Å². The number of nitrogens with zero attached hydrogens (tertiary/aromatic N) is 4. The van der Waals surface area contributed by atoms with Crippen molar-refractivity contribution in [2.45, 2.75) is 0 Å². The minimum Gasteiger partial charge on any atom is -0.309 e. The number of benzene rings is 9. The Kier molecular flexibility index (Phi) is 8.45. The monoisotopic (exact) mass is 752 g/mol. The van der Waals surface area contributed by atoms with Crippen molar-refractivity contribution < 1.29 is 0 Å². The van der Waals surface area contributed by atoms with Gasteiger partial charge in [-0.1, -0.05) is 188 Å². The molecule has 1 aliphatic rings. The summed E-state index contributed by atoms with van der Waals surface area (Å²) in [6.07, 6.45) is 0. The van der Waals surface area contributed by atoms with E-state index in [2.05, 4.69) is 163 Å². The Morgan fingerprint density at radius 2 is 0.695 bits per heavy atom. The zero-order chi connectivity index (χ0) is 39.1. The predicted molar refractivity (Wildman–Crippen MR) is 244 cm³/mol. The number of para-hydroxylation sites is 2. The van der Waals surface area contributed by atoms with Crippen LogP contribution in [-0.2, 0) is 0 Å². The van der Waals surface area contributed by atoms with Crippen molar-refractivity contribution in [1.82, 2.24) is 15.0 Å². The van der Waals surface area contributed by atoms with Crippen LogP contribution >= 0.6 is 0 Å². The number of rotatable bonds is 6. The van der Waals surface area contributed by atoms with E-state index in [4.69, 9.17) is 15.0 Å². The molecule has 0 atom stereocenters. The lowest BCUT2D eigenvalue weighted by Gasteiger charge is -2.32. The summed E-state index contributed by atoms with van der Waals surface area (Å²) in [6.45, 7) is 0. The van der Waals surface area contributed by atoms with E-state index in [1.54, 1.807) is 0 Å². The molecule has 2 heterocycles. The van der Waals surface area contributed by atoms with E-state index in [1.807, 2.05) is 60.7 Å². The molecular weight excluding hydrogens is 717 g/mol. The average Bonchev–Trinajstić information content (AvgIpc) is 3.32. The standard InChI is InChI=1S/C55H36N4/c1-4-16-37(17-5-1)38-30-32-43(33-31-38)59-50-28-12-10-24-45(50)48-27-15-26-47-44(34-35-49(52(47)48)46-25-11-13-29-51(46)59)41-22-14-23-42(36-41)55-57-53(39-18-6-2-7-19-39)56-54(58-55)40-20-8-3-9-21-40/h1-36H. The summed E-state index contributed by atoms with van der Waals surface area (Å²) in [7, 11) is 0. The normalized spacial score (nSPS) is 11.7. The highest BCUT2D eigenvalue weighted by atomic mass is 15.1. The van der Waals surface area contributed by atoms with Crippen molar-refractivity contribution in [2.75, 3.05) is 4.90 Å². The van der Waals surface area contributed by atoms with Gasteiger partial charge in [-0.25, -0.2) is 15.0 Å². The molecule has 0 saturated carbocycles. The van der Waals surface area contributed by atoms with Gasteiger partial charge in [0.2, 0.25) is 0 Å². The molecule has 4 heteroatoms. The maximum Gasteiger partial charge on any atom is 0.164 e. The summed E-state index contributed by atoms with van der Waals surface area (Å²) in [5.74, 6) is 1.93. The number of fused-ring (bicyclic) bond motifs is 4. The van der Waals surface area contributed by atoms with E-state index in [0.717, 1.165) is 44.9 Å². The van der Waals surface area contributed by atoms with Gasteiger partial charge in [0, 0.05) is 33.5 Å². The molecular formula is C55H36N4. The third-order valence-electron chi connectivity index (χ3n) is 11.3. The second-order valence-corrected chi connectivity index (χ2v) is 14.8. The molecule has 1 aromatic heterocycles. The molecule has 0 amide bonds. The van der Waals surface area contributed by atoms with Crippen molar-refractivity contribution in [2.24, 2.45) is 0 Å². The smallest absolute Gasteiger partial charge is 0.164 e. The van der Waals surface area contributed by atoms with E-state index in [0.29, 0.717) is 17.5 Å². The highest BCUT2D eigenvalue weighted by molar-refractivity contribution is 6.16. The summed E-state index contributed by atoms with van der Waals surface area (Å²) < 4.78 is 0. The van der Waals surface area contributed by atoms with Gasteiger partial charge >= 0.3 is 0 Å². The number of hydrogen-bond acceptors (Lipinski definition) is 4. The van der Waals surface area contributed by atoms with Gasteiger partial charge in [-0.3, -0.25) is 0 Å². The number of anilines is 3. The molecule has 9 aromatic carbocycles. The second kappa shape index (κ2) is 14.5. The Bertz CT molecular complexity index is 3030. The molecule has 11 rings (SSSR count). The van der Waals surface area contributed by atoms with Crippen molar-refractivity contribution in [3.05, 3.63) is 218 Å². The Morgan fingerprint density at radius 1 is 0.271 bits per heavy atom. The Labute approximate surface area is 343 Å². The van der Waals surface area contributed by atoms with Gasteiger partial charge in [0.05, 0.1) is 11.4 Å². The van der Waals surface area contributed by atoms with E-state index in [1.165, 1.54) is 44.2 Å². The molecule has 10 aromatic rings. The van der Waals surface area contributed by atoms with Gasteiger partial charge in [-0.2, -0.15) is 0 Å². The molecule has 0 aliphatic carbocycles. The fourth-order valence-corrected chi connectivity index (χ4v) is 8.51. The van der Waals surface area contributed by atoms with Crippen LogP contribution in [0.15, 0.2) is 218 Å². The molecule has 0 bridgehead atoms. The SMILES string of the molecule is c1ccc(-c2ccc(N3c4ccccc4-c4cccc5c(-c6cccc(-c7nc(-c8ccccc8)nc(-c8ccccc8)n7)c6)ccc(c45)-c4ccccc43)cc2)cc1. The Morgan fingerprint density at radius 3 is 1.31 bits per heavy atom. The highest BCUT2D eigenvalue weighted by Gasteiger charge is 2.26. The lowest BCUT2D eigenvalue weighted by molar-refractivity contribution is 1.07. The highest BCUT2D eigenvalue weighted by Crippen LogP contribution is 2.51. The van der Waals surface area contributed by atoms with Gasteiger partial charge in [0.1, 0.15) is 0 Å². The maximum atomic E-state index is 5.05. The van der Waals surface area contributed by atoms with Gasteiger partial charge in [-0.05, 0) is 74.5 Å². The van der Waals surface area contributed by atoms with Crippen LogP contribution in [0.3, 0.4) is 0 Å². The minimum atomic E-state index is 0.635. The first kappa shape index (κ1) is 34.3. The first-order valence-electron chi connectivity index (χ1n) is 19.9. The van der Waals surface area contributed by atoms with Crippen molar-refractivity contribution >= 4 is 27.8 Å². The van der Waals surface area contributed by atoms with Crippen LogP contribution in [0.25, 0.3) is 89.4 Å². The average molecular weight is 753 g/mol. The molecule has 59 heavy (non-hydrogen) atoms. The fourth-order valence-electron chi connectivity index (χ4n) is 8.51. The number of aromatic nitrogens is 3. The van der Waals surface area contributed by atoms with Crippen molar-refractivity contribution in [1.29, 1.82) is 0 Å².